The molecule has 1 atom stereocenters. The Morgan fingerprint density at radius 1 is 1.47 bits per heavy atom. The van der Waals surface area contributed by atoms with E-state index in [1.807, 2.05) is 6.07 Å². The number of rotatable bonds is 3. The third-order valence-electron chi connectivity index (χ3n) is 3.17. The first-order chi connectivity index (χ1) is 7.69. The van der Waals surface area contributed by atoms with Crippen molar-refractivity contribution < 1.29 is 4.74 Å². The number of nitrogens with zero attached hydrogens (tertiary/aromatic N) is 1. The molecular formula is C13H21ClN2O. The number of aryl methyl sites for hydroxylation is 1. The molecule has 1 heterocycles. The SMILES string of the molecule is COc1ccc(CN2CC[C@H](N)C2)cc1C.Cl. The lowest BCUT2D eigenvalue weighted by molar-refractivity contribution is 0.326. The van der Waals surface area contributed by atoms with Crippen LogP contribution in [0, 0.1) is 6.92 Å². The molecule has 3 nitrogen and oxygen atoms in total. The van der Waals surface area contributed by atoms with E-state index in [9.17, 15) is 0 Å². The van der Waals surface area contributed by atoms with E-state index in [1.165, 1.54) is 11.1 Å². The largest absolute Gasteiger partial charge is 0.496 e. The fourth-order valence-corrected chi connectivity index (χ4v) is 2.30. The van der Waals surface area contributed by atoms with E-state index in [4.69, 9.17) is 10.5 Å². The van der Waals surface area contributed by atoms with Crippen LogP contribution in [0.5, 0.6) is 5.75 Å². The van der Waals surface area contributed by atoms with Gasteiger partial charge in [0.25, 0.3) is 0 Å². The van der Waals surface area contributed by atoms with Gasteiger partial charge in [0.1, 0.15) is 5.75 Å². The van der Waals surface area contributed by atoms with Gasteiger partial charge < -0.3 is 10.5 Å². The Labute approximate surface area is 109 Å². The maximum atomic E-state index is 5.89. The van der Waals surface area contributed by atoms with Crippen molar-refractivity contribution in [1.82, 2.24) is 4.90 Å². The normalized spacial score (nSPS) is 20.1. The highest BCUT2D eigenvalue weighted by molar-refractivity contribution is 5.85. The molecule has 0 aromatic heterocycles. The quantitative estimate of drug-likeness (QED) is 0.899. The zero-order chi connectivity index (χ0) is 11.5. The topological polar surface area (TPSA) is 38.5 Å². The van der Waals surface area contributed by atoms with Crippen molar-refractivity contribution in [3.8, 4) is 5.75 Å². The van der Waals surface area contributed by atoms with E-state index in [0.29, 0.717) is 6.04 Å². The molecule has 0 unspecified atom stereocenters. The van der Waals surface area contributed by atoms with Crippen LogP contribution in [-0.4, -0.2) is 31.1 Å². The van der Waals surface area contributed by atoms with Crippen LogP contribution in [0.1, 0.15) is 17.5 Å². The van der Waals surface area contributed by atoms with Gasteiger partial charge in [-0.15, -0.1) is 12.4 Å². The third-order valence-corrected chi connectivity index (χ3v) is 3.17. The Kier molecular flexibility index (Phi) is 5.25. The molecule has 0 spiro atoms. The number of likely N-dealkylation sites (tertiary alicyclic amines) is 1. The zero-order valence-corrected chi connectivity index (χ0v) is 11.3. The average molecular weight is 257 g/mol. The second-order valence-corrected chi connectivity index (χ2v) is 4.59. The van der Waals surface area contributed by atoms with Crippen molar-refractivity contribution >= 4 is 12.4 Å². The van der Waals surface area contributed by atoms with E-state index >= 15 is 0 Å². The highest BCUT2D eigenvalue weighted by atomic mass is 35.5. The fraction of sp³-hybridized carbons (Fsp3) is 0.538. The maximum Gasteiger partial charge on any atom is 0.121 e. The smallest absolute Gasteiger partial charge is 0.121 e. The predicted molar refractivity (Wildman–Crippen MR) is 72.8 cm³/mol. The van der Waals surface area contributed by atoms with Crippen LogP contribution in [0.4, 0.5) is 0 Å². The summed E-state index contributed by atoms with van der Waals surface area (Å²) in [5.74, 6) is 0.960. The van der Waals surface area contributed by atoms with Gasteiger partial charge in [-0.05, 0) is 30.5 Å². The fourth-order valence-electron chi connectivity index (χ4n) is 2.30. The van der Waals surface area contributed by atoms with Gasteiger partial charge in [-0.3, -0.25) is 4.90 Å². The van der Waals surface area contributed by atoms with Crippen LogP contribution in [-0.2, 0) is 6.54 Å². The van der Waals surface area contributed by atoms with Crippen molar-refractivity contribution in [2.24, 2.45) is 5.73 Å². The summed E-state index contributed by atoms with van der Waals surface area (Å²) in [5.41, 5.74) is 8.43. The summed E-state index contributed by atoms with van der Waals surface area (Å²) < 4.78 is 5.25. The molecule has 0 aliphatic carbocycles. The van der Waals surface area contributed by atoms with Gasteiger partial charge in [0.05, 0.1) is 7.11 Å². The lowest BCUT2D eigenvalue weighted by Crippen LogP contribution is -2.26. The predicted octanol–water partition coefficient (Wildman–Crippen LogP) is 1.96. The van der Waals surface area contributed by atoms with E-state index in [0.717, 1.165) is 31.8 Å². The molecule has 0 amide bonds. The molecule has 1 aromatic carbocycles. The van der Waals surface area contributed by atoms with Crippen molar-refractivity contribution in [2.75, 3.05) is 20.2 Å². The van der Waals surface area contributed by atoms with Crippen molar-refractivity contribution in [3.05, 3.63) is 29.3 Å². The monoisotopic (exact) mass is 256 g/mol. The number of hydrogen-bond acceptors (Lipinski definition) is 3. The van der Waals surface area contributed by atoms with E-state index in [1.54, 1.807) is 7.11 Å². The summed E-state index contributed by atoms with van der Waals surface area (Å²) in [6.45, 7) is 5.22. The molecule has 0 saturated carbocycles. The van der Waals surface area contributed by atoms with Crippen LogP contribution < -0.4 is 10.5 Å². The van der Waals surface area contributed by atoms with Gasteiger partial charge in [0, 0.05) is 25.7 Å². The number of hydrogen-bond donors (Lipinski definition) is 1. The summed E-state index contributed by atoms with van der Waals surface area (Å²) in [7, 11) is 1.71. The van der Waals surface area contributed by atoms with Gasteiger partial charge in [-0.2, -0.15) is 0 Å². The zero-order valence-electron chi connectivity index (χ0n) is 10.5. The third kappa shape index (κ3) is 3.60. The molecule has 1 fully saturated rings. The lowest BCUT2D eigenvalue weighted by Gasteiger charge is -2.16. The molecular weight excluding hydrogens is 236 g/mol. The molecule has 0 bridgehead atoms. The number of nitrogens with two attached hydrogens (primary N) is 1. The minimum atomic E-state index is 0. The molecule has 2 rings (SSSR count). The van der Waals surface area contributed by atoms with Gasteiger partial charge >= 0.3 is 0 Å². The molecule has 1 aliphatic rings. The summed E-state index contributed by atoms with van der Waals surface area (Å²) >= 11 is 0. The van der Waals surface area contributed by atoms with Crippen LogP contribution in [0.25, 0.3) is 0 Å². The summed E-state index contributed by atoms with van der Waals surface area (Å²) in [6, 6.07) is 6.73. The maximum absolute atomic E-state index is 5.89. The standard InChI is InChI=1S/C13H20N2O.ClH/c1-10-7-11(3-4-13(10)16-2)8-15-6-5-12(14)9-15;/h3-4,7,12H,5-6,8-9,14H2,1-2H3;1H/t12-;/m0./s1. The number of benzene rings is 1. The minimum Gasteiger partial charge on any atom is -0.496 e. The molecule has 4 heteroatoms. The number of ether oxygens (including phenoxy) is 1. The number of halogens is 1. The second-order valence-electron chi connectivity index (χ2n) is 4.59. The first-order valence-corrected chi connectivity index (χ1v) is 5.80. The second kappa shape index (κ2) is 6.24. The number of methoxy groups -OCH3 is 1. The highest BCUT2D eigenvalue weighted by Gasteiger charge is 2.18. The molecule has 2 N–H and O–H groups in total. The van der Waals surface area contributed by atoms with Crippen LogP contribution in [0.15, 0.2) is 18.2 Å². The average Bonchev–Trinajstić information content (AvgIpc) is 2.64. The Hall–Kier alpha value is -0.770. The van der Waals surface area contributed by atoms with E-state index in [-0.39, 0.29) is 12.4 Å². The Balaban J connectivity index is 0.00000144. The summed E-state index contributed by atoms with van der Waals surface area (Å²) in [4.78, 5) is 2.41. The van der Waals surface area contributed by atoms with Gasteiger partial charge in [-0.25, -0.2) is 0 Å². The lowest BCUT2D eigenvalue weighted by atomic mass is 10.1. The highest BCUT2D eigenvalue weighted by Crippen LogP contribution is 2.20. The van der Waals surface area contributed by atoms with Gasteiger partial charge in [0.2, 0.25) is 0 Å². The Morgan fingerprint density at radius 2 is 2.24 bits per heavy atom. The van der Waals surface area contributed by atoms with Crippen LogP contribution in [0.2, 0.25) is 0 Å². The van der Waals surface area contributed by atoms with Gasteiger partial charge in [0.15, 0.2) is 0 Å². The molecule has 1 saturated heterocycles. The first-order valence-electron chi connectivity index (χ1n) is 5.80. The Morgan fingerprint density at radius 3 is 2.76 bits per heavy atom. The minimum absolute atomic E-state index is 0. The molecule has 96 valence electrons. The van der Waals surface area contributed by atoms with Crippen LogP contribution >= 0.6 is 12.4 Å². The molecule has 17 heavy (non-hydrogen) atoms. The van der Waals surface area contributed by atoms with E-state index < -0.39 is 0 Å². The Bertz CT molecular complexity index is 370. The molecule has 1 aliphatic heterocycles. The summed E-state index contributed by atoms with van der Waals surface area (Å²) in [6.07, 6.45) is 1.12. The molecule has 0 radical (unpaired) electrons. The van der Waals surface area contributed by atoms with Crippen molar-refractivity contribution in [2.45, 2.75) is 25.9 Å². The first kappa shape index (κ1) is 14.3. The molecule has 1 aromatic rings. The summed E-state index contributed by atoms with van der Waals surface area (Å²) in [5, 5.41) is 0. The van der Waals surface area contributed by atoms with E-state index in [2.05, 4.69) is 24.0 Å². The van der Waals surface area contributed by atoms with Crippen LogP contribution in [0.3, 0.4) is 0 Å². The van der Waals surface area contributed by atoms with Crippen molar-refractivity contribution in [3.63, 3.8) is 0 Å². The van der Waals surface area contributed by atoms with Gasteiger partial charge in [-0.1, -0.05) is 12.1 Å². The van der Waals surface area contributed by atoms with Crippen molar-refractivity contribution in [1.29, 1.82) is 0 Å².